The van der Waals surface area contributed by atoms with E-state index in [1.54, 1.807) is 0 Å². The van der Waals surface area contributed by atoms with E-state index in [1.165, 1.54) is 33.9 Å². The fourth-order valence-corrected chi connectivity index (χ4v) is 1.28. The van der Waals surface area contributed by atoms with Crippen molar-refractivity contribution in [3.8, 4) is 5.75 Å². The van der Waals surface area contributed by atoms with Gasteiger partial charge in [-0.25, -0.2) is 0 Å². The summed E-state index contributed by atoms with van der Waals surface area (Å²) in [6.45, 7) is 7.11. The number of benzene rings is 1. The zero-order valence-corrected chi connectivity index (χ0v) is 14.3. The summed E-state index contributed by atoms with van der Waals surface area (Å²) in [6, 6.07) is 7.01. The fourth-order valence-electron chi connectivity index (χ4n) is 1.28. The van der Waals surface area contributed by atoms with Crippen LogP contribution in [0.15, 0.2) is 12.1 Å². The quantitative estimate of drug-likeness (QED) is 0.460. The van der Waals surface area contributed by atoms with Crippen molar-refractivity contribution >= 4 is 13.6 Å². The first kappa shape index (κ1) is 15.1. The van der Waals surface area contributed by atoms with E-state index < -0.39 is 0 Å². The van der Waals surface area contributed by atoms with Gasteiger partial charge in [-0.2, -0.15) is 18.2 Å². The van der Waals surface area contributed by atoms with Crippen LogP contribution in [-0.4, -0.2) is 6.61 Å². The van der Waals surface area contributed by atoms with Crippen molar-refractivity contribution in [3.05, 3.63) is 29.3 Å². The molecule has 3 heteroatoms. The molecule has 0 spiro atoms. The molecule has 0 saturated carbocycles. The maximum atomic E-state index is 5.69. The van der Waals surface area contributed by atoms with Crippen LogP contribution in [0, 0.1) is 19.9 Å². The topological polar surface area (TPSA) is 9.23 Å². The van der Waals surface area contributed by atoms with Crippen LogP contribution < -0.4 is 4.74 Å². The maximum absolute atomic E-state index is 5.69. The normalized spacial score (nSPS) is 9.20. The van der Waals surface area contributed by atoms with Gasteiger partial charge in [-0.3, -0.25) is 0 Å². The van der Waals surface area contributed by atoms with Crippen LogP contribution in [0.5, 0.6) is 5.75 Å². The summed E-state index contributed by atoms with van der Waals surface area (Å²) in [4.78, 5) is 0. The molecule has 0 aliphatic rings. The summed E-state index contributed by atoms with van der Waals surface area (Å²) in [6.07, 6.45) is 2.30. The second-order valence-corrected chi connectivity index (χ2v) is 3.35. The van der Waals surface area contributed by atoms with Crippen molar-refractivity contribution in [3.63, 3.8) is 0 Å². The molecule has 0 radical (unpaired) electrons. The van der Waals surface area contributed by atoms with Crippen molar-refractivity contribution in [1.29, 1.82) is 0 Å². The van der Waals surface area contributed by atoms with Crippen molar-refractivity contribution < 1.29 is 21.1 Å². The molecule has 0 atom stereocenters. The zero-order valence-electron chi connectivity index (χ0n) is 9.77. The summed E-state index contributed by atoms with van der Waals surface area (Å²) < 4.78 is 5.69. The molecule has 0 bridgehead atoms. The van der Waals surface area contributed by atoms with Gasteiger partial charge >= 0.3 is 30.0 Å². The number of hydrogen-bond donors (Lipinski definition) is 0. The van der Waals surface area contributed by atoms with Crippen molar-refractivity contribution in [2.75, 3.05) is 6.61 Å². The molecule has 80 valence electrons. The molecule has 0 fully saturated rings. The first-order chi connectivity index (χ1) is 7.25. The first-order valence-electron chi connectivity index (χ1n) is 5.12. The number of rotatable bonds is 4. The van der Waals surface area contributed by atoms with Gasteiger partial charge in [-0.15, -0.1) is 11.1 Å². The van der Waals surface area contributed by atoms with Gasteiger partial charge in [0.05, 0.1) is 6.61 Å². The summed E-state index contributed by atoms with van der Waals surface area (Å²) >= 11 is 4.25. The third-order valence-corrected chi connectivity index (χ3v) is 2.06. The molecule has 0 unspecified atom stereocenters. The van der Waals surface area contributed by atoms with Crippen LogP contribution in [0.3, 0.4) is 0 Å². The van der Waals surface area contributed by atoms with Crippen LogP contribution in [0.2, 0.25) is 0 Å². The number of ether oxygens (including phenoxy) is 1. The second-order valence-electron chi connectivity index (χ2n) is 3.35. The summed E-state index contributed by atoms with van der Waals surface area (Å²) in [5.41, 5.74) is 2.35. The number of aryl methyl sites for hydroxylation is 2. The predicted octanol–water partition coefficient (Wildman–Crippen LogP) is 4.13. The minimum absolute atomic E-state index is 0.822. The predicted molar refractivity (Wildman–Crippen MR) is 64.1 cm³/mol. The van der Waals surface area contributed by atoms with Crippen LogP contribution in [0.4, 0.5) is 0 Å². The minimum atomic E-state index is 0.822. The van der Waals surface area contributed by atoms with E-state index in [9.17, 15) is 0 Å². The molecular weight excluding hydrogens is 305 g/mol. The SMILES string of the molecule is CCCCOc1c(C)c[c-]cc1C.[Zn+][Br]. The standard InChI is InChI=1S/C12H17O.BrH.Zn/c1-4-5-9-13-12-10(2)7-6-8-11(12)3;;/h7-8H,4-5,9H2,1-3H3;1H;/q-1;;+2/p-1. The monoisotopic (exact) mass is 320 g/mol. The number of unbranched alkanes of at least 4 members (excludes halogenated alkanes) is 1. The molecular formula is C12H17BrOZn. The fraction of sp³-hybridized carbons (Fsp3) is 0.500. The Bertz CT molecular complexity index is 256. The first-order valence-corrected chi connectivity index (χ1v) is 12.1. The van der Waals surface area contributed by atoms with E-state index >= 15 is 0 Å². The molecule has 0 aliphatic heterocycles. The Labute approximate surface area is 110 Å². The molecule has 15 heavy (non-hydrogen) atoms. The molecule has 1 rings (SSSR count). The van der Waals surface area contributed by atoms with E-state index in [-0.39, 0.29) is 0 Å². The van der Waals surface area contributed by atoms with Gasteiger partial charge in [-0.1, -0.05) is 27.2 Å². The Hall–Kier alpha value is 0.123. The molecule has 0 aromatic heterocycles. The molecule has 0 amide bonds. The van der Waals surface area contributed by atoms with Crippen LogP contribution in [0.25, 0.3) is 0 Å². The van der Waals surface area contributed by atoms with Crippen LogP contribution >= 0.6 is 13.6 Å². The van der Waals surface area contributed by atoms with E-state index in [1.807, 2.05) is 12.1 Å². The van der Waals surface area contributed by atoms with Crippen LogP contribution in [0.1, 0.15) is 30.9 Å². The Balaban J connectivity index is 0.000000921. The van der Waals surface area contributed by atoms with Crippen molar-refractivity contribution in [2.45, 2.75) is 33.6 Å². The van der Waals surface area contributed by atoms with Gasteiger partial charge < -0.3 is 4.74 Å². The van der Waals surface area contributed by atoms with Gasteiger partial charge in [0.1, 0.15) is 0 Å². The average Bonchev–Trinajstić information content (AvgIpc) is 2.25. The Kier molecular flexibility index (Phi) is 9.43. The molecule has 0 N–H and O–H groups in total. The van der Waals surface area contributed by atoms with Gasteiger partial charge in [-0.05, 0) is 6.42 Å². The Morgan fingerprint density at radius 3 is 2.27 bits per heavy atom. The molecule has 1 aromatic carbocycles. The van der Waals surface area contributed by atoms with Gasteiger partial charge in [0, 0.05) is 5.75 Å². The second kappa shape index (κ2) is 9.36. The third-order valence-electron chi connectivity index (χ3n) is 2.06. The van der Waals surface area contributed by atoms with Gasteiger partial charge in [0.25, 0.3) is 0 Å². The third kappa shape index (κ3) is 5.68. The van der Waals surface area contributed by atoms with Crippen molar-refractivity contribution in [2.24, 2.45) is 0 Å². The molecule has 0 heterocycles. The van der Waals surface area contributed by atoms with Crippen molar-refractivity contribution in [1.82, 2.24) is 0 Å². The van der Waals surface area contributed by atoms with Gasteiger partial charge in [0.15, 0.2) is 0 Å². The average molecular weight is 323 g/mol. The Morgan fingerprint density at radius 1 is 1.27 bits per heavy atom. The number of hydrogen-bond acceptors (Lipinski definition) is 1. The van der Waals surface area contributed by atoms with Gasteiger partial charge in [0.2, 0.25) is 0 Å². The van der Waals surface area contributed by atoms with E-state index in [0.29, 0.717) is 0 Å². The van der Waals surface area contributed by atoms with E-state index in [4.69, 9.17) is 4.74 Å². The zero-order chi connectivity index (χ0) is 11.7. The Morgan fingerprint density at radius 2 is 1.80 bits per heavy atom. The molecule has 0 aliphatic carbocycles. The van der Waals surface area contributed by atoms with E-state index in [0.717, 1.165) is 18.8 Å². The molecule has 0 saturated heterocycles. The molecule has 1 aromatic rings. The van der Waals surface area contributed by atoms with E-state index in [2.05, 4.69) is 40.5 Å². The summed E-state index contributed by atoms with van der Waals surface area (Å²) in [5, 5.41) is 0. The number of halogens is 1. The molecule has 1 nitrogen and oxygen atoms in total. The summed E-state index contributed by atoms with van der Waals surface area (Å²) in [5.74, 6) is 1.03. The van der Waals surface area contributed by atoms with Crippen LogP contribution in [-0.2, 0) is 16.3 Å². The summed E-state index contributed by atoms with van der Waals surface area (Å²) in [7, 11) is 0.